The summed E-state index contributed by atoms with van der Waals surface area (Å²) in [6, 6.07) is 7.34. The van der Waals surface area contributed by atoms with Crippen molar-refractivity contribution in [1.82, 2.24) is 0 Å². The second kappa shape index (κ2) is 4.82. The summed E-state index contributed by atoms with van der Waals surface area (Å²) in [6.45, 7) is 1.48. The Hall–Kier alpha value is -1.09. The first-order chi connectivity index (χ1) is 6.25. The van der Waals surface area contributed by atoms with Crippen LogP contribution < -0.4 is 10.5 Å². The van der Waals surface area contributed by atoms with Crippen LogP contribution in [0.15, 0.2) is 24.3 Å². The summed E-state index contributed by atoms with van der Waals surface area (Å²) in [6.07, 6.45) is 0. The van der Waals surface area contributed by atoms with Crippen molar-refractivity contribution in [1.29, 1.82) is 0 Å². The van der Waals surface area contributed by atoms with Crippen LogP contribution in [0.2, 0.25) is 0 Å². The first-order valence-corrected chi connectivity index (χ1v) is 4.29. The van der Waals surface area contributed by atoms with Crippen LogP contribution in [0.4, 0.5) is 4.39 Å². The summed E-state index contributed by atoms with van der Waals surface area (Å²) in [4.78, 5) is 0. The summed E-state index contributed by atoms with van der Waals surface area (Å²) in [5, 5.41) is 0. The minimum atomic E-state index is -0.479. The zero-order valence-electron chi connectivity index (χ0n) is 7.66. The van der Waals surface area contributed by atoms with Crippen molar-refractivity contribution in [3.05, 3.63) is 29.8 Å². The number of rotatable bonds is 4. The lowest BCUT2D eigenvalue weighted by atomic mass is 10.1. The molecule has 1 rings (SSSR count). The Labute approximate surface area is 77.5 Å². The van der Waals surface area contributed by atoms with Gasteiger partial charge < -0.3 is 10.5 Å². The molecule has 2 N–H and O–H groups in total. The van der Waals surface area contributed by atoms with Gasteiger partial charge in [0.05, 0.1) is 0 Å². The van der Waals surface area contributed by atoms with E-state index in [-0.39, 0.29) is 12.6 Å². The molecule has 1 atom stereocenters. The quantitative estimate of drug-likeness (QED) is 0.775. The fourth-order valence-corrected chi connectivity index (χ4v) is 1.14. The van der Waals surface area contributed by atoms with Crippen LogP contribution in [0.3, 0.4) is 0 Å². The second-order valence-corrected chi connectivity index (χ2v) is 2.86. The minimum Gasteiger partial charge on any atom is -0.491 e. The lowest BCUT2D eigenvalue weighted by molar-refractivity contribution is 0.270. The number of benzene rings is 1. The number of halogens is 1. The summed E-state index contributed by atoms with van der Waals surface area (Å²) in [5.41, 5.74) is 6.63. The van der Waals surface area contributed by atoms with Crippen molar-refractivity contribution in [3.63, 3.8) is 0 Å². The molecule has 0 aliphatic carbocycles. The number of alkyl halides is 1. The number of nitrogens with two attached hydrogens (primary N) is 1. The average Bonchev–Trinajstić information content (AvgIpc) is 2.15. The average molecular weight is 183 g/mol. The molecule has 0 saturated carbocycles. The molecule has 0 aliphatic rings. The van der Waals surface area contributed by atoms with Gasteiger partial charge in [-0.2, -0.15) is 0 Å². The summed E-state index contributed by atoms with van der Waals surface area (Å²) in [5.74, 6) is 0.676. The monoisotopic (exact) mass is 183 g/mol. The van der Waals surface area contributed by atoms with Crippen molar-refractivity contribution in [2.45, 2.75) is 13.0 Å². The molecule has 0 fully saturated rings. The van der Waals surface area contributed by atoms with Gasteiger partial charge in [-0.25, -0.2) is 4.39 Å². The van der Waals surface area contributed by atoms with Crippen molar-refractivity contribution in [2.75, 3.05) is 13.3 Å². The number of hydrogen-bond acceptors (Lipinski definition) is 2. The predicted octanol–water partition coefficient (Wildman–Crippen LogP) is 2.05. The molecule has 1 aromatic rings. The highest BCUT2D eigenvalue weighted by molar-refractivity contribution is 5.35. The van der Waals surface area contributed by atoms with Gasteiger partial charge in [0.25, 0.3) is 0 Å². The molecule has 0 aromatic heterocycles. The predicted molar refractivity (Wildman–Crippen MR) is 50.5 cm³/mol. The van der Waals surface area contributed by atoms with E-state index >= 15 is 0 Å². The van der Waals surface area contributed by atoms with Crippen LogP contribution in [0.1, 0.15) is 18.5 Å². The first kappa shape index (κ1) is 9.99. The van der Waals surface area contributed by atoms with E-state index in [2.05, 4.69) is 0 Å². The molecule has 13 heavy (non-hydrogen) atoms. The highest BCUT2D eigenvalue weighted by Crippen LogP contribution is 2.22. The van der Waals surface area contributed by atoms with E-state index in [1.807, 2.05) is 25.1 Å². The maximum absolute atomic E-state index is 11.9. The summed E-state index contributed by atoms with van der Waals surface area (Å²) < 4.78 is 17.0. The zero-order chi connectivity index (χ0) is 9.68. The van der Waals surface area contributed by atoms with E-state index in [0.29, 0.717) is 5.75 Å². The van der Waals surface area contributed by atoms with E-state index in [0.717, 1.165) is 5.56 Å². The first-order valence-electron chi connectivity index (χ1n) is 4.29. The molecule has 0 radical (unpaired) electrons. The van der Waals surface area contributed by atoms with Gasteiger partial charge in [-0.1, -0.05) is 18.2 Å². The molecule has 0 bridgehead atoms. The van der Waals surface area contributed by atoms with Gasteiger partial charge in [0.15, 0.2) is 0 Å². The Bertz CT molecular complexity index is 263. The number of hydrogen-bond donors (Lipinski definition) is 1. The molecule has 1 unspecified atom stereocenters. The lowest BCUT2D eigenvalue weighted by Crippen LogP contribution is -2.08. The van der Waals surface area contributed by atoms with E-state index in [4.69, 9.17) is 10.5 Å². The van der Waals surface area contributed by atoms with Gasteiger partial charge in [0.1, 0.15) is 19.0 Å². The number of para-hydroxylation sites is 1. The van der Waals surface area contributed by atoms with E-state index in [1.54, 1.807) is 6.07 Å². The smallest absolute Gasteiger partial charge is 0.124 e. The molecular weight excluding hydrogens is 169 g/mol. The number of ether oxygens (including phenoxy) is 1. The Balaban J connectivity index is 2.78. The second-order valence-electron chi connectivity index (χ2n) is 2.86. The summed E-state index contributed by atoms with van der Waals surface area (Å²) >= 11 is 0. The fraction of sp³-hybridized carbons (Fsp3) is 0.400. The minimum absolute atomic E-state index is 0.0870. The Morgan fingerprint density at radius 1 is 1.46 bits per heavy atom. The van der Waals surface area contributed by atoms with Crippen LogP contribution in [0.5, 0.6) is 5.75 Å². The third kappa shape index (κ3) is 2.70. The van der Waals surface area contributed by atoms with Crippen LogP contribution in [-0.2, 0) is 0 Å². The third-order valence-electron chi connectivity index (χ3n) is 1.74. The maximum atomic E-state index is 11.9. The fourth-order valence-electron chi connectivity index (χ4n) is 1.14. The van der Waals surface area contributed by atoms with Crippen molar-refractivity contribution in [2.24, 2.45) is 5.73 Å². The van der Waals surface area contributed by atoms with Crippen LogP contribution in [-0.4, -0.2) is 13.3 Å². The Kier molecular flexibility index (Phi) is 3.71. The standard InChI is InChI=1S/C10H14FNO/c1-8(12)9-4-2-3-5-10(9)13-7-6-11/h2-5,8H,6-7,12H2,1H3. The van der Waals surface area contributed by atoms with Crippen molar-refractivity contribution < 1.29 is 9.13 Å². The topological polar surface area (TPSA) is 35.2 Å². The molecule has 0 heterocycles. The normalized spacial score (nSPS) is 12.5. The summed E-state index contributed by atoms with van der Waals surface area (Å²) in [7, 11) is 0. The van der Waals surface area contributed by atoms with Gasteiger partial charge >= 0.3 is 0 Å². The third-order valence-corrected chi connectivity index (χ3v) is 1.74. The molecule has 1 aromatic carbocycles. The van der Waals surface area contributed by atoms with Crippen LogP contribution in [0, 0.1) is 0 Å². The zero-order valence-corrected chi connectivity index (χ0v) is 7.66. The van der Waals surface area contributed by atoms with Gasteiger partial charge in [0.2, 0.25) is 0 Å². The maximum Gasteiger partial charge on any atom is 0.124 e. The molecule has 0 amide bonds. The van der Waals surface area contributed by atoms with Crippen LogP contribution >= 0.6 is 0 Å². The van der Waals surface area contributed by atoms with Gasteiger partial charge in [-0.05, 0) is 13.0 Å². The molecule has 0 aliphatic heterocycles. The Morgan fingerprint density at radius 2 is 2.15 bits per heavy atom. The van der Waals surface area contributed by atoms with E-state index in [1.165, 1.54) is 0 Å². The highest BCUT2D eigenvalue weighted by atomic mass is 19.1. The van der Waals surface area contributed by atoms with Crippen molar-refractivity contribution in [3.8, 4) is 5.75 Å². The van der Waals surface area contributed by atoms with Gasteiger partial charge in [-0.3, -0.25) is 0 Å². The molecule has 0 saturated heterocycles. The molecular formula is C10H14FNO. The van der Waals surface area contributed by atoms with Gasteiger partial charge in [-0.15, -0.1) is 0 Å². The molecule has 2 nitrogen and oxygen atoms in total. The van der Waals surface area contributed by atoms with Crippen molar-refractivity contribution >= 4 is 0 Å². The molecule has 0 spiro atoms. The molecule has 3 heteroatoms. The largest absolute Gasteiger partial charge is 0.491 e. The van der Waals surface area contributed by atoms with Gasteiger partial charge in [0, 0.05) is 11.6 Å². The Morgan fingerprint density at radius 3 is 2.77 bits per heavy atom. The van der Waals surface area contributed by atoms with E-state index < -0.39 is 6.67 Å². The SMILES string of the molecule is CC(N)c1ccccc1OCCF. The highest BCUT2D eigenvalue weighted by Gasteiger charge is 2.06. The molecule has 72 valence electrons. The van der Waals surface area contributed by atoms with E-state index in [9.17, 15) is 4.39 Å². The lowest BCUT2D eigenvalue weighted by Gasteiger charge is -2.12. The van der Waals surface area contributed by atoms with Crippen LogP contribution in [0.25, 0.3) is 0 Å².